The summed E-state index contributed by atoms with van der Waals surface area (Å²) in [6.07, 6.45) is 2.03. The summed E-state index contributed by atoms with van der Waals surface area (Å²) < 4.78 is 5.62. The zero-order valence-electron chi connectivity index (χ0n) is 13.9. The number of carbonyl (C=O) groups excluding carboxylic acids is 1. The maximum absolute atomic E-state index is 12.3. The molecule has 0 atom stereocenters. The zero-order chi connectivity index (χ0) is 17.3. The van der Waals surface area contributed by atoms with Crippen LogP contribution in [0.25, 0.3) is 11.3 Å². The molecule has 0 saturated heterocycles. The van der Waals surface area contributed by atoms with Crippen molar-refractivity contribution in [3.63, 3.8) is 0 Å². The molecule has 5 nitrogen and oxygen atoms in total. The molecule has 0 aliphatic heterocycles. The average molecular weight is 327 g/mol. The molecule has 3 rings (SSSR count). The largest absolute Gasteiger partial charge is 0.481 e. The molecule has 0 radical (unpaired) electrons. The van der Waals surface area contributed by atoms with Gasteiger partial charge >= 0.3 is 5.97 Å². The number of hydrogen-bond acceptors (Lipinski definition) is 3. The molecule has 1 fully saturated rings. The van der Waals surface area contributed by atoms with Gasteiger partial charge in [-0.2, -0.15) is 0 Å². The van der Waals surface area contributed by atoms with E-state index in [-0.39, 0.29) is 12.3 Å². The van der Waals surface area contributed by atoms with E-state index in [1.165, 1.54) is 0 Å². The summed E-state index contributed by atoms with van der Waals surface area (Å²) in [4.78, 5) is 23.7. The number of rotatable bonds is 5. The summed E-state index contributed by atoms with van der Waals surface area (Å²) in [5, 5.41) is 12.2. The van der Waals surface area contributed by atoms with Gasteiger partial charge in [0.15, 0.2) is 0 Å². The van der Waals surface area contributed by atoms with Gasteiger partial charge < -0.3 is 14.8 Å². The van der Waals surface area contributed by atoms with Gasteiger partial charge in [-0.15, -0.1) is 0 Å². The van der Waals surface area contributed by atoms with E-state index >= 15 is 0 Å². The topological polar surface area (TPSA) is 79.5 Å². The second kappa shape index (κ2) is 6.15. The smallest absolute Gasteiger partial charge is 0.310 e. The first-order valence-electron chi connectivity index (χ1n) is 8.10. The fourth-order valence-corrected chi connectivity index (χ4v) is 3.07. The minimum absolute atomic E-state index is 0.0197. The van der Waals surface area contributed by atoms with Crippen LogP contribution in [-0.4, -0.2) is 17.0 Å². The predicted octanol–water partition coefficient (Wildman–Crippen LogP) is 4.15. The highest BCUT2D eigenvalue weighted by Crippen LogP contribution is 2.44. The molecule has 126 valence electrons. The van der Waals surface area contributed by atoms with Gasteiger partial charge in [-0.25, -0.2) is 0 Å². The van der Waals surface area contributed by atoms with Crippen LogP contribution in [0.2, 0.25) is 0 Å². The van der Waals surface area contributed by atoms with Gasteiger partial charge in [-0.05, 0) is 50.5 Å². The van der Waals surface area contributed by atoms with Gasteiger partial charge in [0.05, 0.1) is 5.41 Å². The fourth-order valence-electron chi connectivity index (χ4n) is 3.07. The van der Waals surface area contributed by atoms with Crippen molar-refractivity contribution in [3.8, 4) is 11.3 Å². The third-order valence-corrected chi connectivity index (χ3v) is 4.80. The normalized spacial score (nSPS) is 15.6. The summed E-state index contributed by atoms with van der Waals surface area (Å²) in [7, 11) is 0. The highest BCUT2D eigenvalue weighted by molar-refractivity contribution is 5.95. The summed E-state index contributed by atoms with van der Waals surface area (Å²) >= 11 is 0. The Labute approximate surface area is 140 Å². The maximum atomic E-state index is 12.3. The van der Waals surface area contributed by atoms with E-state index in [0.29, 0.717) is 18.5 Å². The number of carbonyl (C=O) groups is 2. The second-order valence-electron chi connectivity index (χ2n) is 6.60. The molecule has 1 aliphatic carbocycles. The van der Waals surface area contributed by atoms with E-state index < -0.39 is 11.4 Å². The molecule has 1 heterocycles. The first-order valence-corrected chi connectivity index (χ1v) is 8.10. The lowest BCUT2D eigenvalue weighted by molar-refractivity contribution is -0.157. The maximum Gasteiger partial charge on any atom is 0.310 e. The highest BCUT2D eigenvalue weighted by Gasteiger charge is 2.45. The SMILES string of the molecule is Cc1ccc(-c2ccc(C)c(NC(=O)CC3(C(=O)O)CCC3)c2)o1. The number of aryl methyl sites for hydroxylation is 2. The number of amides is 1. The van der Waals surface area contributed by atoms with E-state index in [0.717, 1.165) is 29.1 Å². The molecular formula is C19H21NO4. The molecular weight excluding hydrogens is 306 g/mol. The number of aliphatic carboxylic acids is 1. The number of carboxylic acids is 1. The molecule has 1 saturated carbocycles. The molecule has 2 N–H and O–H groups in total. The van der Waals surface area contributed by atoms with E-state index in [4.69, 9.17) is 4.42 Å². The standard InChI is InChI=1S/C19H21NO4/c1-12-4-6-14(16-7-5-13(2)24-16)10-15(12)20-17(21)11-19(18(22)23)8-3-9-19/h4-7,10H,3,8-9,11H2,1-2H3,(H,20,21)(H,22,23). The second-order valence-corrected chi connectivity index (χ2v) is 6.60. The number of hydrogen-bond donors (Lipinski definition) is 2. The molecule has 0 bridgehead atoms. The van der Waals surface area contributed by atoms with Crippen molar-refractivity contribution in [2.75, 3.05) is 5.32 Å². The van der Waals surface area contributed by atoms with E-state index in [2.05, 4.69) is 5.32 Å². The minimum Gasteiger partial charge on any atom is -0.481 e. The lowest BCUT2D eigenvalue weighted by Gasteiger charge is -2.36. The Morgan fingerprint density at radius 3 is 2.50 bits per heavy atom. The van der Waals surface area contributed by atoms with Gasteiger partial charge in [0.2, 0.25) is 5.91 Å². The molecule has 0 spiro atoms. The summed E-state index contributed by atoms with van der Waals surface area (Å²) in [6.45, 7) is 3.79. The van der Waals surface area contributed by atoms with Crippen LogP contribution in [0, 0.1) is 19.3 Å². The Morgan fingerprint density at radius 2 is 1.96 bits per heavy atom. The molecule has 2 aromatic rings. The van der Waals surface area contributed by atoms with Crippen LogP contribution >= 0.6 is 0 Å². The first-order chi connectivity index (χ1) is 11.4. The van der Waals surface area contributed by atoms with Crippen LogP contribution in [0.5, 0.6) is 0 Å². The van der Waals surface area contributed by atoms with Crippen LogP contribution in [-0.2, 0) is 9.59 Å². The number of furan rings is 1. The van der Waals surface area contributed by atoms with Gasteiger partial charge in [0.25, 0.3) is 0 Å². The third-order valence-electron chi connectivity index (χ3n) is 4.80. The Bertz CT molecular complexity index is 786. The van der Waals surface area contributed by atoms with Gasteiger partial charge in [-0.3, -0.25) is 9.59 Å². The van der Waals surface area contributed by atoms with Crippen LogP contribution in [0.1, 0.15) is 37.0 Å². The average Bonchev–Trinajstić information content (AvgIpc) is 2.91. The minimum atomic E-state index is -0.881. The van der Waals surface area contributed by atoms with Crippen molar-refractivity contribution in [1.29, 1.82) is 0 Å². The van der Waals surface area contributed by atoms with Crippen molar-refractivity contribution in [3.05, 3.63) is 41.7 Å². The monoisotopic (exact) mass is 327 g/mol. The van der Waals surface area contributed by atoms with E-state index in [9.17, 15) is 14.7 Å². The third kappa shape index (κ3) is 3.07. The number of nitrogens with one attached hydrogen (secondary N) is 1. The molecule has 0 unspecified atom stereocenters. The van der Waals surface area contributed by atoms with Crippen molar-refractivity contribution >= 4 is 17.6 Å². The van der Waals surface area contributed by atoms with Crippen LogP contribution in [0.15, 0.2) is 34.7 Å². The molecule has 1 aliphatic rings. The van der Waals surface area contributed by atoms with Crippen LogP contribution in [0.3, 0.4) is 0 Å². The first kappa shape index (κ1) is 16.3. The molecule has 1 aromatic heterocycles. The van der Waals surface area contributed by atoms with Gasteiger partial charge in [0.1, 0.15) is 11.5 Å². The quantitative estimate of drug-likeness (QED) is 0.864. The van der Waals surface area contributed by atoms with Gasteiger partial charge in [-0.1, -0.05) is 18.6 Å². The molecule has 24 heavy (non-hydrogen) atoms. The predicted molar refractivity (Wildman–Crippen MR) is 90.8 cm³/mol. The highest BCUT2D eigenvalue weighted by atomic mass is 16.4. The number of anilines is 1. The Morgan fingerprint density at radius 1 is 1.21 bits per heavy atom. The number of carboxylic acid groups (broad SMARTS) is 1. The zero-order valence-corrected chi connectivity index (χ0v) is 13.9. The molecule has 5 heteroatoms. The lowest BCUT2D eigenvalue weighted by Crippen LogP contribution is -2.41. The Hall–Kier alpha value is -2.56. The van der Waals surface area contributed by atoms with Crippen LogP contribution < -0.4 is 5.32 Å². The van der Waals surface area contributed by atoms with Gasteiger partial charge in [0, 0.05) is 17.7 Å². The Balaban J connectivity index is 1.77. The summed E-state index contributed by atoms with van der Waals surface area (Å²) in [5.74, 6) is 0.432. The number of benzene rings is 1. The summed E-state index contributed by atoms with van der Waals surface area (Å²) in [5.41, 5.74) is 1.61. The van der Waals surface area contributed by atoms with Crippen LogP contribution in [0.4, 0.5) is 5.69 Å². The van der Waals surface area contributed by atoms with E-state index in [1.54, 1.807) is 0 Å². The van der Waals surface area contributed by atoms with Crippen molar-refractivity contribution in [1.82, 2.24) is 0 Å². The molecule has 1 aromatic carbocycles. The summed E-state index contributed by atoms with van der Waals surface area (Å²) in [6, 6.07) is 9.49. The van der Waals surface area contributed by atoms with Crippen molar-refractivity contribution in [2.24, 2.45) is 5.41 Å². The van der Waals surface area contributed by atoms with E-state index in [1.807, 2.05) is 44.2 Å². The van der Waals surface area contributed by atoms with Crippen molar-refractivity contribution < 1.29 is 19.1 Å². The Kier molecular flexibility index (Phi) is 4.18. The van der Waals surface area contributed by atoms with Crippen molar-refractivity contribution in [2.45, 2.75) is 39.5 Å². The molecule has 1 amide bonds. The fraction of sp³-hybridized carbons (Fsp3) is 0.368. The lowest BCUT2D eigenvalue weighted by atomic mass is 9.66.